The highest BCUT2D eigenvalue weighted by atomic mass is 35.5. The summed E-state index contributed by atoms with van der Waals surface area (Å²) in [4.78, 5) is 11.5. The van der Waals surface area contributed by atoms with Gasteiger partial charge in [-0.15, -0.1) is 11.6 Å². The van der Waals surface area contributed by atoms with Gasteiger partial charge in [0.1, 0.15) is 0 Å². The second-order valence-electron chi connectivity index (χ2n) is 3.78. The molecule has 0 aliphatic carbocycles. The van der Waals surface area contributed by atoms with Gasteiger partial charge in [0.2, 0.25) is 5.91 Å². The zero-order chi connectivity index (χ0) is 10.5. The molecule has 0 unspecified atom stereocenters. The monoisotopic (exact) mass is 207 g/mol. The quantitative estimate of drug-likeness (QED) is 0.665. The van der Waals surface area contributed by atoms with Crippen molar-refractivity contribution in [1.29, 1.82) is 0 Å². The van der Waals surface area contributed by atoms with Gasteiger partial charge in [-0.2, -0.15) is 0 Å². The van der Waals surface area contributed by atoms with E-state index in [1.807, 2.05) is 6.92 Å². The van der Waals surface area contributed by atoms with E-state index in [2.05, 4.69) is 5.32 Å². The van der Waals surface area contributed by atoms with Crippen LogP contribution in [0.25, 0.3) is 0 Å². The first-order valence-electron chi connectivity index (χ1n) is 4.45. The van der Waals surface area contributed by atoms with Gasteiger partial charge in [-0.3, -0.25) is 4.79 Å². The average Bonchev–Trinajstić information content (AvgIpc) is 2.13. The van der Waals surface area contributed by atoms with E-state index in [1.54, 1.807) is 13.8 Å². The normalized spacial score (nSPS) is 13.9. The van der Waals surface area contributed by atoms with Gasteiger partial charge in [0, 0.05) is 5.88 Å². The molecule has 2 N–H and O–H groups in total. The highest BCUT2D eigenvalue weighted by Crippen LogP contribution is 2.17. The number of aliphatic hydroxyl groups excluding tert-OH is 1. The van der Waals surface area contributed by atoms with Crippen LogP contribution < -0.4 is 5.32 Å². The summed E-state index contributed by atoms with van der Waals surface area (Å²) in [6, 6.07) is -0.157. The van der Waals surface area contributed by atoms with E-state index in [1.165, 1.54) is 0 Å². The number of amides is 1. The number of aliphatic hydroxyl groups is 1. The fourth-order valence-corrected chi connectivity index (χ4v) is 0.840. The number of halogens is 1. The molecule has 0 bridgehead atoms. The predicted octanol–water partition coefficient (Wildman–Crippen LogP) is 1.14. The largest absolute Gasteiger partial charge is 0.394 e. The Kier molecular flexibility index (Phi) is 5.33. The Balaban J connectivity index is 4.13. The standard InChI is InChI=1S/C9H18ClNO2/c1-4-7(5-12)11-8(13)9(2,3)6-10/h7,12H,4-6H2,1-3H3,(H,11,13)/t7-/m0/s1. The lowest BCUT2D eigenvalue weighted by atomic mass is 9.95. The summed E-state index contributed by atoms with van der Waals surface area (Å²) >= 11 is 5.63. The minimum atomic E-state index is -0.565. The number of hydrogen-bond acceptors (Lipinski definition) is 2. The van der Waals surface area contributed by atoms with Gasteiger partial charge < -0.3 is 10.4 Å². The molecule has 78 valence electrons. The molecule has 0 aliphatic heterocycles. The molecule has 0 rings (SSSR count). The van der Waals surface area contributed by atoms with Gasteiger partial charge in [0.15, 0.2) is 0 Å². The third kappa shape index (κ3) is 3.96. The molecule has 0 aliphatic rings. The van der Waals surface area contributed by atoms with E-state index < -0.39 is 5.41 Å². The van der Waals surface area contributed by atoms with Crippen LogP contribution in [0.3, 0.4) is 0 Å². The molecular formula is C9H18ClNO2. The molecule has 0 spiro atoms. The van der Waals surface area contributed by atoms with Gasteiger partial charge in [0.05, 0.1) is 18.1 Å². The van der Waals surface area contributed by atoms with Crippen LogP contribution in [0.5, 0.6) is 0 Å². The van der Waals surface area contributed by atoms with Gasteiger partial charge in [-0.1, -0.05) is 6.92 Å². The summed E-state index contributed by atoms with van der Waals surface area (Å²) in [5.74, 6) is 0.171. The molecule has 4 heteroatoms. The van der Waals surface area contributed by atoms with Crippen LogP contribution in [0.2, 0.25) is 0 Å². The second-order valence-corrected chi connectivity index (χ2v) is 4.05. The average molecular weight is 208 g/mol. The van der Waals surface area contributed by atoms with Crippen molar-refractivity contribution in [2.45, 2.75) is 33.2 Å². The van der Waals surface area contributed by atoms with Crippen LogP contribution >= 0.6 is 11.6 Å². The number of alkyl halides is 1. The summed E-state index contributed by atoms with van der Waals surface area (Å²) in [6.45, 7) is 5.44. The van der Waals surface area contributed by atoms with Gasteiger partial charge in [0.25, 0.3) is 0 Å². The van der Waals surface area contributed by atoms with Gasteiger partial charge in [-0.25, -0.2) is 0 Å². The maximum atomic E-state index is 11.5. The molecule has 0 heterocycles. The van der Waals surface area contributed by atoms with Crippen molar-refractivity contribution >= 4 is 17.5 Å². The zero-order valence-corrected chi connectivity index (χ0v) is 9.19. The van der Waals surface area contributed by atoms with E-state index in [0.29, 0.717) is 0 Å². The lowest BCUT2D eigenvalue weighted by Crippen LogP contribution is -2.45. The van der Waals surface area contributed by atoms with Crippen LogP contribution in [-0.4, -0.2) is 29.5 Å². The molecule has 0 saturated heterocycles. The molecule has 0 aromatic carbocycles. The minimum absolute atomic E-state index is 0.0272. The van der Waals surface area contributed by atoms with Crippen LogP contribution in [0, 0.1) is 5.41 Å². The first kappa shape index (κ1) is 12.7. The fraction of sp³-hybridized carbons (Fsp3) is 0.889. The zero-order valence-electron chi connectivity index (χ0n) is 8.43. The van der Waals surface area contributed by atoms with Crippen molar-refractivity contribution in [3.63, 3.8) is 0 Å². The first-order valence-corrected chi connectivity index (χ1v) is 4.99. The topological polar surface area (TPSA) is 49.3 Å². The Bertz CT molecular complexity index is 167. The van der Waals surface area contributed by atoms with Crippen LogP contribution in [0.4, 0.5) is 0 Å². The fourth-order valence-electron chi connectivity index (χ4n) is 0.718. The number of nitrogens with one attached hydrogen (secondary N) is 1. The Hall–Kier alpha value is -0.280. The Morgan fingerprint density at radius 3 is 2.46 bits per heavy atom. The molecule has 0 fully saturated rings. The predicted molar refractivity (Wildman–Crippen MR) is 53.8 cm³/mol. The molecule has 1 atom stereocenters. The van der Waals surface area contributed by atoms with Crippen molar-refractivity contribution in [3.05, 3.63) is 0 Å². The SMILES string of the molecule is CC[C@@H](CO)NC(=O)C(C)(C)CCl. The van der Waals surface area contributed by atoms with E-state index in [0.717, 1.165) is 6.42 Å². The summed E-state index contributed by atoms with van der Waals surface area (Å²) < 4.78 is 0. The summed E-state index contributed by atoms with van der Waals surface area (Å²) in [5.41, 5.74) is -0.565. The van der Waals surface area contributed by atoms with Crippen molar-refractivity contribution in [2.75, 3.05) is 12.5 Å². The molecule has 0 aromatic heterocycles. The Labute approximate surface area is 84.5 Å². The number of carbonyl (C=O) groups excluding carboxylic acids is 1. The Morgan fingerprint density at radius 2 is 2.15 bits per heavy atom. The van der Waals surface area contributed by atoms with E-state index in [-0.39, 0.29) is 24.4 Å². The number of carbonyl (C=O) groups is 1. The third-order valence-corrected chi connectivity index (χ3v) is 2.67. The second kappa shape index (κ2) is 5.45. The Morgan fingerprint density at radius 1 is 1.62 bits per heavy atom. The lowest BCUT2D eigenvalue weighted by molar-refractivity contribution is -0.129. The van der Waals surface area contributed by atoms with Crippen LogP contribution in [-0.2, 0) is 4.79 Å². The highest BCUT2D eigenvalue weighted by Gasteiger charge is 2.27. The molecule has 0 radical (unpaired) electrons. The molecule has 0 aromatic rings. The maximum absolute atomic E-state index is 11.5. The van der Waals surface area contributed by atoms with E-state index >= 15 is 0 Å². The van der Waals surface area contributed by atoms with Gasteiger partial charge in [-0.05, 0) is 20.3 Å². The number of rotatable bonds is 5. The molecular weight excluding hydrogens is 190 g/mol. The minimum Gasteiger partial charge on any atom is -0.394 e. The lowest BCUT2D eigenvalue weighted by Gasteiger charge is -2.23. The van der Waals surface area contributed by atoms with Gasteiger partial charge >= 0.3 is 0 Å². The summed E-state index contributed by atoms with van der Waals surface area (Å²) in [7, 11) is 0. The van der Waals surface area contributed by atoms with Crippen molar-refractivity contribution in [3.8, 4) is 0 Å². The van der Waals surface area contributed by atoms with E-state index in [4.69, 9.17) is 16.7 Å². The van der Waals surface area contributed by atoms with Crippen molar-refractivity contribution < 1.29 is 9.90 Å². The molecule has 0 saturated carbocycles. The van der Waals surface area contributed by atoms with Crippen LogP contribution in [0.15, 0.2) is 0 Å². The smallest absolute Gasteiger partial charge is 0.227 e. The molecule has 13 heavy (non-hydrogen) atoms. The highest BCUT2D eigenvalue weighted by molar-refractivity contribution is 6.19. The molecule has 1 amide bonds. The van der Waals surface area contributed by atoms with E-state index in [9.17, 15) is 4.79 Å². The summed E-state index contributed by atoms with van der Waals surface area (Å²) in [6.07, 6.45) is 0.723. The first-order chi connectivity index (χ1) is 5.97. The maximum Gasteiger partial charge on any atom is 0.227 e. The third-order valence-electron chi connectivity index (χ3n) is 2.00. The number of hydrogen-bond donors (Lipinski definition) is 2. The molecule has 3 nitrogen and oxygen atoms in total. The van der Waals surface area contributed by atoms with Crippen LogP contribution in [0.1, 0.15) is 27.2 Å². The summed E-state index contributed by atoms with van der Waals surface area (Å²) in [5, 5.41) is 11.6. The van der Waals surface area contributed by atoms with Crippen molar-refractivity contribution in [1.82, 2.24) is 5.32 Å². The van der Waals surface area contributed by atoms with Crippen molar-refractivity contribution in [2.24, 2.45) is 5.41 Å².